The number of para-hydroxylation sites is 2. The lowest BCUT2D eigenvalue weighted by Crippen LogP contribution is -2.54. The molecule has 2 heterocycles. The SMILES string of the molecule is NCCCCC(N)C(=O)NC(Cc1c[nH]c2ccccc12)C(=O)NCC(=O)NC(Cc1c[nH]c2ccccc12)C(=O)O. The molecular formula is C30H37N7O5. The number of hydrogen-bond acceptors (Lipinski definition) is 6. The van der Waals surface area contributed by atoms with Gasteiger partial charge in [0.05, 0.1) is 12.6 Å². The minimum absolute atomic E-state index is 0.0559. The average Bonchev–Trinajstić information content (AvgIpc) is 3.59. The van der Waals surface area contributed by atoms with Crippen LogP contribution in [-0.2, 0) is 32.0 Å². The maximum absolute atomic E-state index is 13.3. The highest BCUT2D eigenvalue weighted by atomic mass is 16.4. The van der Waals surface area contributed by atoms with E-state index >= 15 is 0 Å². The topological polar surface area (TPSA) is 208 Å². The summed E-state index contributed by atoms with van der Waals surface area (Å²) in [5, 5.41) is 19.2. The van der Waals surface area contributed by atoms with Gasteiger partial charge in [-0.3, -0.25) is 14.4 Å². The predicted molar refractivity (Wildman–Crippen MR) is 159 cm³/mol. The third kappa shape index (κ3) is 7.74. The number of nitrogens with one attached hydrogen (secondary N) is 5. The number of aromatic nitrogens is 2. The van der Waals surface area contributed by atoms with E-state index in [1.807, 2.05) is 48.5 Å². The van der Waals surface area contributed by atoms with Gasteiger partial charge in [-0.15, -0.1) is 0 Å². The highest BCUT2D eigenvalue weighted by molar-refractivity contribution is 5.94. The lowest BCUT2D eigenvalue weighted by molar-refractivity contribution is -0.141. The Morgan fingerprint density at radius 2 is 1.36 bits per heavy atom. The molecule has 0 aliphatic heterocycles. The third-order valence-corrected chi connectivity index (χ3v) is 7.19. The molecule has 0 spiro atoms. The van der Waals surface area contributed by atoms with E-state index in [2.05, 4.69) is 25.9 Å². The first-order valence-corrected chi connectivity index (χ1v) is 13.9. The van der Waals surface area contributed by atoms with E-state index in [0.717, 1.165) is 39.4 Å². The lowest BCUT2D eigenvalue weighted by atomic mass is 10.0. The number of carbonyl (C=O) groups excluding carboxylic acids is 3. The van der Waals surface area contributed by atoms with Crippen LogP contribution < -0.4 is 27.4 Å². The summed E-state index contributed by atoms with van der Waals surface area (Å²) in [5.74, 6) is -2.96. The van der Waals surface area contributed by atoms with Gasteiger partial charge in [0, 0.05) is 47.0 Å². The molecule has 0 bridgehead atoms. The summed E-state index contributed by atoms with van der Waals surface area (Å²) in [4.78, 5) is 57.0. The predicted octanol–water partition coefficient (Wildman–Crippen LogP) is 1.06. The van der Waals surface area contributed by atoms with Crippen molar-refractivity contribution in [3.05, 3.63) is 72.1 Å². The molecule has 12 nitrogen and oxygen atoms in total. The fourth-order valence-electron chi connectivity index (χ4n) is 4.90. The molecule has 0 aliphatic carbocycles. The number of aliphatic carboxylic acids is 1. The van der Waals surface area contributed by atoms with Crippen LogP contribution in [-0.4, -0.2) is 70.0 Å². The van der Waals surface area contributed by atoms with Crippen LogP contribution in [0.5, 0.6) is 0 Å². The fraction of sp³-hybridized carbons (Fsp3) is 0.333. The number of H-pyrrole nitrogens is 2. The van der Waals surface area contributed by atoms with Gasteiger partial charge in [0.1, 0.15) is 12.1 Å². The van der Waals surface area contributed by atoms with Gasteiger partial charge in [-0.2, -0.15) is 0 Å². The summed E-state index contributed by atoms with van der Waals surface area (Å²) in [5.41, 5.74) is 14.9. The Bertz CT molecular complexity index is 1550. The minimum Gasteiger partial charge on any atom is -0.480 e. The quantitative estimate of drug-likeness (QED) is 0.0966. The van der Waals surface area contributed by atoms with Gasteiger partial charge < -0.3 is 42.5 Å². The fourth-order valence-corrected chi connectivity index (χ4v) is 4.90. The number of benzene rings is 2. The molecule has 42 heavy (non-hydrogen) atoms. The maximum Gasteiger partial charge on any atom is 0.326 e. The molecule has 3 amide bonds. The molecule has 2 aromatic heterocycles. The molecule has 4 rings (SSSR count). The van der Waals surface area contributed by atoms with Crippen LogP contribution >= 0.6 is 0 Å². The van der Waals surface area contributed by atoms with Crippen molar-refractivity contribution >= 4 is 45.5 Å². The Hall–Kier alpha value is -4.68. The normalized spacial score (nSPS) is 13.4. The summed E-state index contributed by atoms with van der Waals surface area (Å²) in [6.45, 7) is 0.0197. The van der Waals surface area contributed by atoms with Crippen LogP contribution in [0.15, 0.2) is 60.9 Å². The highest BCUT2D eigenvalue weighted by Gasteiger charge is 2.27. The van der Waals surface area contributed by atoms with Crippen LogP contribution in [0.1, 0.15) is 30.4 Å². The molecule has 12 heteroatoms. The van der Waals surface area contributed by atoms with E-state index in [0.29, 0.717) is 19.4 Å². The van der Waals surface area contributed by atoms with Crippen molar-refractivity contribution < 1.29 is 24.3 Å². The first-order chi connectivity index (χ1) is 20.3. The van der Waals surface area contributed by atoms with Crippen molar-refractivity contribution in [2.24, 2.45) is 11.5 Å². The van der Waals surface area contributed by atoms with Crippen LogP contribution in [0.3, 0.4) is 0 Å². The molecule has 2 aromatic carbocycles. The largest absolute Gasteiger partial charge is 0.480 e. The lowest BCUT2D eigenvalue weighted by Gasteiger charge is -2.21. The molecule has 222 valence electrons. The number of carboxylic acid groups (broad SMARTS) is 1. The smallest absolute Gasteiger partial charge is 0.326 e. The zero-order valence-electron chi connectivity index (χ0n) is 23.2. The molecule has 0 fully saturated rings. The van der Waals surface area contributed by atoms with E-state index in [1.54, 1.807) is 12.4 Å². The molecule has 0 saturated heterocycles. The van der Waals surface area contributed by atoms with E-state index < -0.39 is 48.4 Å². The number of nitrogens with two attached hydrogens (primary N) is 2. The Morgan fingerprint density at radius 3 is 1.93 bits per heavy atom. The number of fused-ring (bicyclic) bond motifs is 2. The van der Waals surface area contributed by atoms with Gasteiger partial charge in [0.15, 0.2) is 0 Å². The van der Waals surface area contributed by atoms with Crippen molar-refractivity contribution in [1.82, 2.24) is 25.9 Å². The van der Waals surface area contributed by atoms with Crippen molar-refractivity contribution in [1.29, 1.82) is 0 Å². The summed E-state index contributed by atoms with van der Waals surface area (Å²) in [7, 11) is 0. The number of aromatic amines is 2. The van der Waals surface area contributed by atoms with Crippen LogP contribution in [0.2, 0.25) is 0 Å². The molecule has 3 atom stereocenters. The second-order valence-electron chi connectivity index (χ2n) is 10.3. The standard InChI is InChI=1S/C30H37N7O5/c31-12-6-5-9-22(32)28(39)37-25(13-18-15-33-23-10-3-1-7-20(18)23)29(40)35-17-27(38)36-26(30(41)42)14-19-16-34-24-11-4-2-8-21(19)24/h1-4,7-8,10-11,15-16,22,25-26,33-34H,5-6,9,12-14,17,31-32H2,(H,35,40)(H,36,38)(H,37,39)(H,41,42). The second kappa shape index (κ2) is 14.3. The van der Waals surface area contributed by atoms with Gasteiger partial charge in [-0.25, -0.2) is 4.79 Å². The van der Waals surface area contributed by atoms with E-state index in [4.69, 9.17) is 11.5 Å². The Kier molecular flexibility index (Phi) is 10.3. The number of carboxylic acids is 1. The zero-order chi connectivity index (χ0) is 30.1. The minimum atomic E-state index is -1.21. The average molecular weight is 576 g/mol. The Balaban J connectivity index is 1.40. The molecule has 0 saturated carbocycles. The molecule has 4 aromatic rings. The Labute approximate surface area is 242 Å². The van der Waals surface area contributed by atoms with Crippen LogP contribution in [0.25, 0.3) is 21.8 Å². The summed E-state index contributed by atoms with van der Waals surface area (Å²) in [6.07, 6.45) is 5.51. The third-order valence-electron chi connectivity index (χ3n) is 7.19. The van der Waals surface area contributed by atoms with Crippen LogP contribution in [0, 0.1) is 0 Å². The summed E-state index contributed by atoms with van der Waals surface area (Å²) >= 11 is 0. The van der Waals surface area contributed by atoms with Crippen molar-refractivity contribution in [3.63, 3.8) is 0 Å². The summed E-state index contributed by atoms with van der Waals surface area (Å²) < 4.78 is 0. The number of unbranched alkanes of at least 4 members (excludes halogenated alkanes) is 1. The molecule has 0 aliphatic rings. The first kappa shape index (κ1) is 30.3. The van der Waals surface area contributed by atoms with Gasteiger partial charge in [-0.05, 0) is 42.6 Å². The number of rotatable bonds is 15. The molecule has 0 radical (unpaired) electrons. The highest BCUT2D eigenvalue weighted by Crippen LogP contribution is 2.20. The zero-order valence-corrected chi connectivity index (χ0v) is 23.2. The van der Waals surface area contributed by atoms with Crippen molar-refractivity contribution in [3.8, 4) is 0 Å². The number of carbonyl (C=O) groups is 4. The number of amides is 3. The van der Waals surface area contributed by atoms with Crippen LogP contribution in [0.4, 0.5) is 0 Å². The molecule has 3 unspecified atom stereocenters. The van der Waals surface area contributed by atoms with Gasteiger partial charge in [-0.1, -0.05) is 42.8 Å². The second-order valence-corrected chi connectivity index (χ2v) is 10.3. The van der Waals surface area contributed by atoms with Gasteiger partial charge in [0.25, 0.3) is 0 Å². The molecular weight excluding hydrogens is 538 g/mol. The van der Waals surface area contributed by atoms with Gasteiger partial charge in [0.2, 0.25) is 17.7 Å². The monoisotopic (exact) mass is 575 g/mol. The van der Waals surface area contributed by atoms with E-state index in [9.17, 15) is 24.3 Å². The van der Waals surface area contributed by atoms with E-state index in [1.165, 1.54) is 0 Å². The van der Waals surface area contributed by atoms with Crippen molar-refractivity contribution in [2.75, 3.05) is 13.1 Å². The number of hydrogen-bond donors (Lipinski definition) is 8. The van der Waals surface area contributed by atoms with E-state index in [-0.39, 0.29) is 12.8 Å². The van der Waals surface area contributed by atoms with Crippen molar-refractivity contribution in [2.45, 2.75) is 50.2 Å². The summed E-state index contributed by atoms with van der Waals surface area (Å²) in [6, 6.07) is 12.0. The molecule has 10 N–H and O–H groups in total. The van der Waals surface area contributed by atoms with Gasteiger partial charge >= 0.3 is 5.97 Å². The Morgan fingerprint density at radius 1 is 0.786 bits per heavy atom. The maximum atomic E-state index is 13.3. The first-order valence-electron chi connectivity index (χ1n) is 13.9.